The molecule has 3 aromatic carbocycles. The van der Waals surface area contributed by atoms with Crippen molar-refractivity contribution in [2.75, 3.05) is 17.2 Å². The molecule has 0 aliphatic heterocycles. The molecule has 2 N–H and O–H groups in total. The number of rotatable bonds is 7. The molecular weight excluding hydrogens is 473 g/mol. The van der Waals surface area contributed by atoms with Crippen LogP contribution in [-0.2, 0) is 9.59 Å². The molecule has 0 aliphatic rings. The molecule has 0 unspecified atom stereocenters. The summed E-state index contributed by atoms with van der Waals surface area (Å²) in [7, 11) is 0. The molecule has 6 nitrogen and oxygen atoms in total. The first-order valence-corrected chi connectivity index (χ1v) is 11.0. The van der Waals surface area contributed by atoms with Crippen molar-refractivity contribution >= 4 is 52.5 Å². The molecule has 0 saturated carbocycles. The van der Waals surface area contributed by atoms with Crippen molar-refractivity contribution in [2.45, 2.75) is 13.8 Å². The minimum atomic E-state index is -0.608. The fraction of sp³-hybridized carbons (Fsp3) is 0.115. The van der Waals surface area contributed by atoms with Crippen LogP contribution < -0.4 is 15.4 Å². The van der Waals surface area contributed by atoms with Gasteiger partial charge in [-0.3, -0.25) is 9.59 Å². The van der Waals surface area contributed by atoms with Crippen LogP contribution in [0.25, 0.3) is 6.08 Å². The molecule has 0 atom stereocenters. The molecular formula is C26H21Cl2N3O3. The van der Waals surface area contributed by atoms with Crippen LogP contribution in [-0.4, -0.2) is 18.4 Å². The van der Waals surface area contributed by atoms with Gasteiger partial charge in [0.2, 0.25) is 0 Å². The van der Waals surface area contributed by atoms with E-state index in [1.807, 2.05) is 38.1 Å². The molecule has 3 rings (SSSR count). The number of nitrogens with one attached hydrogen (secondary N) is 2. The van der Waals surface area contributed by atoms with E-state index in [4.69, 9.17) is 27.9 Å². The SMILES string of the molecule is Cc1cccc(NC(=O)COc2ccc(Cl)cc2/C=C(/C#N)C(=O)Nc2ccc(Cl)cc2)c1C. The second kappa shape index (κ2) is 11.4. The molecule has 2 amide bonds. The number of nitriles is 1. The highest BCUT2D eigenvalue weighted by Gasteiger charge is 2.13. The molecule has 34 heavy (non-hydrogen) atoms. The van der Waals surface area contributed by atoms with Gasteiger partial charge in [0.15, 0.2) is 6.61 Å². The highest BCUT2D eigenvalue weighted by molar-refractivity contribution is 6.31. The minimum Gasteiger partial charge on any atom is -0.483 e. The number of amides is 2. The Morgan fingerprint density at radius 1 is 1.00 bits per heavy atom. The number of anilines is 2. The maximum absolute atomic E-state index is 12.6. The number of hydrogen-bond acceptors (Lipinski definition) is 4. The van der Waals surface area contributed by atoms with Crippen LogP contribution in [0.15, 0.2) is 66.2 Å². The van der Waals surface area contributed by atoms with E-state index in [-0.39, 0.29) is 18.1 Å². The Bertz CT molecular complexity index is 1300. The lowest BCUT2D eigenvalue weighted by molar-refractivity contribution is -0.118. The van der Waals surface area contributed by atoms with Gasteiger partial charge in [0.05, 0.1) is 0 Å². The Labute approximate surface area is 207 Å². The Morgan fingerprint density at radius 2 is 1.71 bits per heavy atom. The summed E-state index contributed by atoms with van der Waals surface area (Å²) in [6, 6.07) is 18.7. The van der Waals surface area contributed by atoms with E-state index in [0.717, 1.165) is 11.1 Å². The summed E-state index contributed by atoms with van der Waals surface area (Å²) in [6.07, 6.45) is 1.36. The third kappa shape index (κ3) is 6.61. The zero-order valence-corrected chi connectivity index (χ0v) is 20.0. The number of carbonyl (C=O) groups is 2. The molecule has 3 aromatic rings. The van der Waals surface area contributed by atoms with Crippen molar-refractivity contribution in [1.29, 1.82) is 5.26 Å². The van der Waals surface area contributed by atoms with Gasteiger partial charge in [0.25, 0.3) is 11.8 Å². The molecule has 0 saturated heterocycles. The topological polar surface area (TPSA) is 91.2 Å². The number of carbonyl (C=O) groups excluding carboxylic acids is 2. The van der Waals surface area contributed by atoms with Crippen LogP contribution in [0, 0.1) is 25.2 Å². The molecule has 0 bridgehead atoms. The lowest BCUT2D eigenvalue weighted by Gasteiger charge is -2.13. The van der Waals surface area contributed by atoms with Crippen molar-refractivity contribution in [1.82, 2.24) is 0 Å². The fourth-order valence-electron chi connectivity index (χ4n) is 3.02. The smallest absolute Gasteiger partial charge is 0.266 e. The van der Waals surface area contributed by atoms with Gasteiger partial charge in [-0.2, -0.15) is 5.26 Å². The maximum atomic E-state index is 12.6. The van der Waals surface area contributed by atoms with E-state index in [1.54, 1.807) is 42.5 Å². The zero-order chi connectivity index (χ0) is 24.7. The maximum Gasteiger partial charge on any atom is 0.266 e. The highest BCUT2D eigenvalue weighted by atomic mass is 35.5. The minimum absolute atomic E-state index is 0.165. The van der Waals surface area contributed by atoms with E-state index in [2.05, 4.69) is 10.6 Å². The summed E-state index contributed by atoms with van der Waals surface area (Å²) in [5.41, 5.74) is 3.44. The van der Waals surface area contributed by atoms with Crippen LogP contribution in [0.1, 0.15) is 16.7 Å². The number of benzene rings is 3. The summed E-state index contributed by atoms with van der Waals surface area (Å²) in [5, 5.41) is 15.9. The van der Waals surface area contributed by atoms with E-state index >= 15 is 0 Å². The largest absolute Gasteiger partial charge is 0.483 e. The Kier molecular flexibility index (Phi) is 8.31. The first-order valence-electron chi connectivity index (χ1n) is 10.2. The predicted molar refractivity (Wildman–Crippen MR) is 135 cm³/mol. The van der Waals surface area contributed by atoms with E-state index in [0.29, 0.717) is 32.7 Å². The third-order valence-electron chi connectivity index (χ3n) is 4.98. The van der Waals surface area contributed by atoms with Crippen LogP contribution in [0.2, 0.25) is 10.0 Å². The van der Waals surface area contributed by atoms with Crippen molar-refractivity contribution in [3.05, 3.63) is 93.0 Å². The van der Waals surface area contributed by atoms with Gasteiger partial charge in [0, 0.05) is 27.0 Å². The number of nitrogens with zero attached hydrogens (tertiary/aromatic N) is 1. The number of hydrogen-bond donors (Lipinski definition) is 2. The van der Waals surface area contributed by atoms with Crippen LogP contribution in [0.5, 0.6) is 5.75 Å². The second-order valence-electron chi connectivity index (χ2n) is 7.40. The number of halogens is 2. The number of ether oxygens (including phenoxy) is 1. The molecule has 0 aliphatic carbocycles. The Morgan fingerprint density at radius 3 is 2.41 bits per heavy atom. The fourth-order valence-corrected chi connectivity index (χ4v) is 3.32. The van der Waals surface area contributed by atoms with E-state index in [1.165, 1.54) is 6.08 Å². The van der Waals surface area contributed by atoms with Gasteiger partial charge in [-0.25, -0.2) is 0 Å². The molecule has 0 aromatic heterocycles. The van der Waals surface area contributed by atoms with Crippen LogP contribution in [0.4, 0.5) is 11.4 Å². The van der Waals surface area contributed by atoms with Crippen molar-refractivity contribution in [3.63, 3.8) is 0 Å². The van der Waals surface area contributed by atoms with Crippen molar-refractivity contribution in [2.24, 2.45) is 0 Å². The van der Waals surface area contributed by atoms with Gasteiger partial charge >= 0.3 is 0 Å². The van der Waals surface area contributed by atoms with Crippen LogP contribution >= 0.6 is 23.2 Å². The molecule has 0 radical (unpaired) electrons. The highest BCUT2D eigenvalue weighted by Crippen LogP contribution is 2.26. The monoisotopic (exact) mass is 493 g/mol. The first kappa shape index (κ1) is 24.8. The molecule has 8 heteroatoms. The van der Waals surface area contributed by atoms with Gasteiger partial charge in [-0.1, -0.05) is 35.3 Å². The molecule has 172 valence electrons. The van der Waals surface area contributed by atoms with E-state index in [9.17, 15) is 14.9 Å². The second-order valence-corrected chi connectivity index (χ2v) is 8.27. The lowest BCUT2D eigenvalue weighted by Crippen LogP contribution is -2.21. The van der Waals surface area contributed by atoms with Gasteiger partial charge in [-0.05, 0) is 79.6 Å². The molecule has 0 heterocycles. The average Bonchev–Trinajstić information content (AvgIpc) is 2.81. The number of aryl methyl sites for hydroxylation is 1. The predicted octanol–water partition coefficient (Wildman–Crippen LogP) is 6.17. The van der Waals surface area contributed by atoms with Gasteiger partial charge in [-0.15, -0.1) is 0 Å². The van der Waals surface area contributed by atoms with Crippen molar-refractivity contribution < 1.29 is 14.3 Å². The quantitative estimate of drug-likeness (QED) is 0.304. The molecule has 0 fully saturated rings. The Hall–Kier alpha value is -3.79. The van der Waals surface area contributed by atoms with Crippen molar-refractivity contribution in [3.8, 4) is 11.8 Å². The third-order valence-corrected chi connectivity index (χ3v) is 5.46. The first-order chi connectivity index (χ1) is 16.3. The zero-order valence-electron chi connectivity index (χ0n) is 18.5. The summed E-state index contributed by atoms with van der Waals surface area (Å²) in [5.74, 6) is -0.657. The van der Waals surface area contributed by atoms with E-state index < -0.39 is 5.91 Å². The van der Waals surface area contributed by atoms with Gasteiger partial charge < -0.3 is 15.4 Å². The summed E-state index contributed by atoms with van der Waals surface area (Å²) in [6.45, 7) is 3.62. The summed E-state index contributed by atoms with van der Waals surface area (Å²) in [4.78, 5) is 25.0. The standard InChI is InChI=1S/C26H21Cl2N3O3/c1-16-4-3-5-23(17(16)2)31-25(32)15-34-24-11-8-21(28)13-18(24)12-19(14-29)26(33)30-22-9-6-20(27)7-10-22/h3-13H,15H2,1-2H3,(H,30,33)(H,31,32)/b19-12-. The summed E-state index contributed by atoms with van der Waals surface area (Å²) < 4.78 is 5.68. The summed E-state index contributed by atoms with van der Waals surface area (Å²) >= 11 is 12.0. The van der Waals surface area contributed by atoms with Crippen LogP contribution in [0.3, 0.4) is 0 Å². The van der Waals surface area contributed by atoms with Gasteiger partial charge in [0.1, 0.15) is 17.4 Å². The lowest BCUT2D eigenvalue weighted by atomic mass is 10.1. The molecule has 0 spiro atoms. The average molecular weight is 494 g/mol. The normalized spacial score (nSPS) is 10.9. The Balaban J connectivity index is 1.75.